The highest BCUT2D eigenvalue weighted by Crippen LogP contribution is 2.56. The standard InChI is InChI=1S/C6H8O2/c1-6-2-4(6)5(7)8-3-6/h4H,2-3H2,1H3/t4-,6+/m1/s1. The Balaban J connectivity index is 2.26. The summed E-state index contributed by atoms with van der Waals surface area (Å²) in [6, 6.07) is 0. The first-order valence-electron chi connectivity index (χ1n) is 2.89. The molecule has 2 heteroatoms. The van der Waals surface area contributed by atoms with E-state index in [1.807, 2.05) is 0 Å². The van der Waals surface area contributed by atoms with E-state index in [1.165, 1.54) is 0 Å². The van der Waals surface area contributed by atoms with Crippen molar-refractivity contribution in [3.8, 4) is 0 Å². The second-order valence-corrected chi connectivity index (χ2v) is 3.02. The van der Waals surface area contributed by atoms with Crippen molar-refractivity contribution in [2.45, 2.75) is 13.3 Å². The Morgan fingerprint density at radius 1 is 1.88 bits per heavy atom. The second kappa shape index (κ2) is 0.925. The SMILES string of the molecule is C[C@]12COC(=O)[C@H]1C2. The normalized spacial score (nSPS) is 50.6. The van der Waals surface area contributed by atoms with Gasteiger partial charge in [-0.2, -0.15) is 0 Å². The van der Waals surface area contributed by atoms with Gasteiger partial charge in [-0.25, -0.2) is 0 Å². The number of esters is 1. The van der Waals surface area contributed by atoms with E-state index in [1.54, 1.807) is 0 Å². The first-order chi connectivity index (χ1) is 3.72. The van der Waals surface area contributed by atoms with E-state index in [-0.39, 0.29) is 17.3 Å². The molecule has 2 nitrogen and oxygen atoms in total. The molecule has 0 radical (unpaired) electrons. The molecule has 1 aliphatic heterocycles. The van der Waals surface area contributed by atoms with Gasteiger partial charge in [0.25, 0.3) is 0 Å². The molecule has 0 bridgehead atoms. The summed E-state index contributed by atoms with van der Waals surface area (Å²) in [4.78, 5) is 10.6. The summed E-state index contributed by atoms with van der Waals surface area (Å²) in [6.07, 6.45) is 1.06. The molecule has 0 N–H and O–H groups in total. The molecule has 1 saturated heterocycles. The van der Waals surface area contributed by atoms with Gasteiger partial charge in [0.2, 0.25) is 0 Å². The van der Waals surface area contributed by atoms with Crippen LogP contribution in [0, 0.1) is 11.3 Å². The highest BCUT2D eigenvalue weighted by Gasteiger charge is 2.61. The lowest BCUT2D eigenvalue weighted by atomic mass is 10.1. The van der Waals surface area contributed by atoms with E-state index in [9.17, 15) is 4.79 Å². The molecule has 2 aliphatic rings. The van der Waals surface area contributed by atoms with Crippen molar-refractivity contribution in [3.63, 3.8) is 0 Å². The van der Waals surface area contributed by atoms with E-state index in [4.69, 9.17) is 4.74 Å². The maximum Gasteiger partial charge on any atom is 0.309 e. The quantitative estimate of drug-likeness (QED) is 0.428. The number of hydrogen-bond acceptors (Lipinski definition) is 2. The van der Waals surface area contributed by atoms with E-state index in [0.717, 1.165) is 6.42 Å². The number of carbonyl (C=O) groups excluding carboxylic acids is 1. The lowest BCUT2D eigenvalue weighted by molar-refractivity contribution is -0.141. The van der Waals surface area contributed by atoms with E-state index in [0.29, 0.717) is 6.61 Å². The summed E-state index contributed by atoms with van der Waals surface area (Å²) in [5.74, 6) is 0.287. The van der Waals surface area contributed by atoms with Crippen molar-refractivity contribution in [3.05, 3.63) is 0 Å². The maximum absolute atomic E-state index is 10.6. The number of fused-ring (bicyclic) bond motifs is 1. The Labute approximate surface area is 47.8 Å². The van der Waals surface area contributed by atoms with Gasteiger partial charge in [-0.3, -0.25) is 4.79 Å². The summed E-state index contributed by atoms with van der Waals surface area (Å²) in [5.41, 5.74) is 0.261. The third kappa shape index (κ3) is 0.320. The predicted molar refractivity (Wildman–Crippen MR) is 27.2 cm³/mol. The van der Waals surface area contributed by atoms with Gasteiger partial charge in [0.05, 0.1) is 12.5 Å². The number of ether oxygens (including phenoxy) is 1. The molecule has 2 fully saturated rings. The molecule has 1 heterocycles. The van der Waals surface area contributed by atoms with Crippen molar-refractivity contribution in [2.75, 3.05) is 6.61 Å². The molecule has 0 aromatic heterocycles. The fraction of sp³-hybridized carbons (Fsp3) is 0.833. The first kappa shape index (κ1) is 4.36. The summed E-state index contributed by atoms with van der Waals surface area (Å²) < 4.78 is 4.78. The molecule has 8 heavy (non-hydrogen) atoms. The van der Waals surface area contributed by atoms with Crippen LogP contribution >= 0.6 is 0 Å². The van der Waals surface area contributed by atoms with Crippen LogP contribution in [0.15, 0.2) is 0 Å². The Hall–Kier alpha value is -0.530. The molecular formula is C6H8O2. The predicted octanol–water partition coefficient (Wildman–Crippen LogP) is 0.569. The van der Waals surface area contributed by atoms with Gasteiger partial charge in [0.15, 0.2) is 0 Å². The van der Waals surface area contributed by atoms with Crippen LogP contribution in [0.25, 0.3) is 0 Å². The molecule has 0 aromatic rings. The average molecular weight is 112 g/mol. The van der Waals surface area contributed by atoms with Crippen molar-refractivity contribution in [1.82, 2.24) is 0 Å². The Kier molecular flexibility index (Phi) is 0.504. The van der Waals surface area contributed by atoms with E-state index < -0.39 is 0 Å². The van der Waals surface area contributed by atoms with Gasteiger partial charge in [-0.1, -0.05) is 6.92 Å². The van der Waals surface area contributed by atoms with Crippen molar-refractivity contribution in [2.24, 2.45) is 11.3 Å². The van der Waals surface area contributed by atoms with Crippen LogP contribution in [0.1, 0.15) is 13.3 Å². The zero-order valence-corrected chi connectivity index (χ0v) is 4.81. The van der Waals surface area contributed by atoms with Crippen LogP contribution in [0.2, 0.25) is 0 Å². The summed E-state index contributed by atoms with van der Waals surface area (Å²) in [5, 5.41) is 0. The molecule has 0 unspecified atom stereocenters. The number of cyclic esters (lactones) is 1. The van der Waals surface area contributed by atoms with Crippen LogP contribution < -0.4 is 0 Å². The van der Waals surface area contributed by atoms with Gasteiger partial charge in [-0.05, 0) is 6.42 Å². The zero-order chi connectivity index (χ0) is 5.78. The van der Waals surface area contributed by atoms with Crippen LogP contribution in [0.3, 0.4) is 0 Å². The largest absolute Gasteiger partial charge is 0.465 e. The van der Waals surface area contributed by atoms with Crippen LogP contribution in [-0.2, 0) is 9.53 Å². The lowest BCUT2D eigenvalue weighted by Gasteiger charge is -1.97. The minimum atomic E-state index is 0.0208. The molecular weight excluding hydrogens is 104 g/mol. The van der Waals surface area contributed by atoms with Gasteiger partial charge < -0.3 is 4.74 Å². The summed E-state index contributed by atoms with van der Waals surface area (Å²) in [6.45, 7) is 2.76. The third-order valence-electron chi connectivity index (χ3n) is 2.18. The van der Waals surface area contributed by atoms with Gasteiger partial charge in [0.1, 0.15) is 0 Å². The number of rotatable bonds is 0. The van der Waals surface area contributed by atoms with E-state index >= 15 is 0 Å². The molecule has 0 aromatic carbocycles. The maximum atomic E-state index is 10.6. The van der Waals surface area contributed by atoms with Crippen LogP contribution in [-0.4, -0.2) is 12.6 Å². The topological polar surface area (TPSA) is 26.3 Å². The molecule has 2 rings (SSSR count). The zero-order valence-electron chi connectivity index (χ0n) is 4.81. The van der Waals surface area contributed by atoms with Crippen molar-refractivity contribution in [1.29, 1.82) is 0 Å². The molecule has 2 atom stereocenters. The van der Waals surface area contributed by atoms with Gasteiger partial charge in [0, 0.05) is 5.41 Å². The second-order valence-electron chi connectivity index (χ2n) is 3.02. The summed E-state index contributed by atoms with van der Waals surface area (Å²) >= 11 is 0. The molecule has 0 spiro atoms. The van der Waals surface area contributed by atoms with Gasteiger partial charge in [-0.15, -0.1) is 0 Å². The lowest BCUT2D eigenvalue weighted by Crippen LogP contribution is -1.99. The summed E-state index contributed by atoms with van der Waals surface area (Å²) in [7, 11) is 0. The Morgan fingerprint density at radius 3 is 2.75 bits per heavy atom. The molecule has 1 saturated carbocycles. The monoisotopic (exact) mass is 112 g/mol. The van der Waals surface area contributed by atoms with Crippen molar-refractivity contribution >= 4 is 5.97 Å². The first-order valence-corrected chi connectivity index (χ1v) is 2.89. The van der Waals surface area contributed by atoms with Crippen LogP contribution in [0.4, 0.5) is 0 Å². The molecule has 0 amide bonds. The van der Waals surface area contributed by atoms with E-state index in [2.05, 4.69) is 6.92 Å². The highest BCUT2D eigenvalue weighted by atomic mass is 16.5. The molecule has 1 aliphatic carbocycles. The highest BCUT2D eigenvalue weighted by molar-refractivity contribution is 5.79. The fourth-order valence-electron chi connectivity index (χ4n) is 1.27. The minimum absolute atomic E-state index is 0.0208. The molecule has 44 valence electrons. The number of carbonyl (C=O) groups is 1. The fourth-order valence-corrected chi connectivity index (χ4v) is 1.27. The Bertz CT molecular complexity index is 153. The third-order valence-corrected chi connectivity index (χ3v) is 2.18. The van der Waals surface area contributed by atoms with Crippen molar-refractivity contribution < 1.29 is 9.53 Å². The minimum Gasteiger partial charge on any atom is -0.465 e. The van der Waals surface area contributed by atoms with Gasteiger partial charge >= 0.3 is 5.97 Å². The smallest absolute Gasteiger partial charge is 0.309 e. The average Bonchev–Trinajstić information content (AvgIpc) is 2.32. The van der Waals surface area contributed by atoms with Crippen LogP contribution in [0.5, 0.6) is 0 Å². The Morgan fingerprint density at radius 2 is 2.62 bits per heavy atom. The number of hydrogen-bond donors (Lipinski definition) is 0.